The van der Waals surface area contributed by atoms with Gasteiger partial charge in [0, 0.05) is 37.7 Å². The minimum absolute atomic E-state index is 0.00289. The number of hydrogen-bond acceptors (Lipinski definition) is 14. The van der Waals surface area contributed by atoms with E-state index < -0.39 is 113 Å². The van der Waals surface area contributed by atoms with E-state index in [4.69, 9.17) is 23.7 Å². The number of hydrogen-bond donors (Lipinski definition) is 4. The molecule has 2 bridgehead atoms. The lowest BCUT2D eigenvalue weighted by molar-refractivity contribution is -0.346. The van der Waals surface area contributed by atoms with E-state index in [1.54, 1.807) is 92.7 Å². The number of rotatable bonds is 10. The molecule has 4 N–H and O–H groups in total. The first kappa shape index (κ1) is 44.3. The maximum atomic E-state index is 15.5. The van der Waals surface area contributed by atoms with Gasteiger partial charge in [-0.15, -0.1) is 0 Å². The molecule has 3 aliphatic carbocycles. The lowest BCUT2D eigenvalue weighted by Gasteiger charge is -2.67. The van der Waals surface area contributed by atoms with Gasteiger partial charge < -0.3 is 44.3 Å². The number of aliphatic hydroxyl groups excluding tert-OH is 2. The third kappa shape index (κ3) is 7.29. The van der Waals surface area contributed by atoms with Crippen molar-refractivity contribution in [1.82, 2.24) is 5.32 Å². The monoisotopic (exact) mass is 853 g/mol. The summed E-state index contributed by atoms with van der Waals surface area (Å²) in [5.41, 5.74) is -7.02. The second-order valence-corrected chi connectivity index (χ2v) is 17.4. The van der Waals surface area contributed by atoms with Gasteiger partial charge in [-0.05, 0) is 54.8 Å². The van der Waals surface area contributed by atoms with E-state index in [1.165, 1.54) is 26.0 Å². The van der Waals surface area contributed by atoms with Gasteiger partial charge in [-0.25, -0.2) is 9.59 Å². The number of carbonyl (C=O) groups is 6. The molecule has 3 fully saturated rings. The number of esters is 4. The summed E-state index contributed by atoms with van der Waals surface area (Å²) in [4.78, 5) is 83.5. The van der Waals surface area contributed by atoms with Gasteiger partial charge in [-0.2, -0.15) is 0 Å². The predicted octanol–water partition coefficient (Wildman–Crippen LogP) is 3.74. The van der Waals surface area contributed by atoms with Crippen LogP contribution in [0.5, 0.6) is 0 Å². The Labute approximate surface area is 358 Å². The van der Waals surface area contributed by atoms with Crippen molar-refractivity contribution >= 4 is 35.6 Å². The van der Waals surface area contributed by atoms with Gasteiger partial charge >= 0.3 is 23.9 Å². The Morgan fingerprint density at radius 1 is 0.823 bits per heavy atom. The molecular formula is C47H51NO14. The Kier molecular flexibility index (Phi) is 11.8. The molecule has 11 atom stereocenters. The number of nitrogens with one attached hydrogen (secondary N) is 1. The topological polar surface area (TPSA) is 221 Å². The number of carbonyl (C=O) groups excluding carboxylic acids is 6. The average Bonchev–Trinajstić information content (AvgIpc) is 3.24. The molecule has 0 radical (unpaired) electrons. The zero-order chi connectivity index (χ0) is 44.9. The molecule has 7 rings (SSSR count). The highest BCUT2D eigenvalue weighted by molar-refractivity contribution is 5.96. The van der Waals surface area contributed by atoms with Crippen LogP contribution in [0.3, 0.4) is 0 Å². The minimum atomic E-state index is -2.39. The molecule has 3 aromatic rings. The molecule has 328 valence electrons. The molecule has 0 aromatic heterocycles. The largest absolute Gasteiger partial charge is 0.456 e. The number of Topliss-reactive ketones (excluding diaryl/α,β-unsaturated/α-hetero) is 1. The molecule has 3 aromatic carbocycles. The van der Waals surface area contributed by atoms with Gasteiger partial charge in [0.1, 0.15) is 23.9 Å². The number of ether oxygens (including phenoxy) is 5. The molecule has 15 heteroatoms. The summed E-state index contributed by atoms with van der Waals surface area (Å²) in [5.74, 6) is -6.84. The highest BCUT2D eigenvalue weighted by atomic mass is 16.6. The number of amides is 1. The Hall–Kier alpha value is -5.74. The van der Waals surface area contributed by atoms with Gasteiger partial charge in [-0.1, -0.05) is 80.6 Å². The Morgan fingerprint density at radius 2 is 1.40 bits per heavy atom. The fourth-order valence-corrected chi connectivity index (χ4v) is 10.2. The third-order valence-corrected chi connectivity index (χ3v) is 13.5. The summed E-state index contributed by atoms with van der Waals surface area (Å²) in [5, 5.41) is 40.2. The first-order valence-electron chi connectivity index (χ1n) is 20.5. The highest BCUT2D eigenvalue weighted by Gasteiger charge is 2.78. The number of ketones is 1. The summed E-state index contributed by atoms with van der Waals surface area (Å²) in [6, 6.07) is 22.9. The second-order valence-electron chi connectivity index (χ2n) is 17.4. The standard InChI is InChI=1S/C47H51NO14/c1-25-31(60-43(56)36(52)35(28-16-10-7-11-17-28)48-41(54)29-18-12-8-13-19-29)23-47(57)40(61-42(55)30-20-14-9-15-21-30)38-45(6,32(51)22-33-46(38,24-58-33)62-27(3)50)39(53)37(59-26(2)49)34(25)44(47,4)5/h7-21,31-33,35-38,40,51-52,57H,22-24H2,1-6H3,(H,48,54)/t31-,32-,33+,35-,36+,37-,38-,40-,45+,46-,47+/m1/s1. The summed E-state index contributed by atoms with van der Waals surface area (Å²) in [7, 11) is 0. The summed E-state index contributed by atoms with van der Waals surface area (Å²) in [6.45, 7) is 7.97. The van der Waals surface area contributed by atoms with Crippen LogP contribution in [0.2, 0.25) is 0 Å². The fourth-order valence-electron chi connectivity index (χ4n) is 10.2. The molecule has 1 heterocycles. The molecule has 1 amide bonds. The maximum absolute atomic E-state index is 15.5. The van der Waals surface area contributed by atoms with E-state index in [-0.39, 0.29) is 35.3 Å². The van der Waals surface area contributed by atoms with Crippen LogP contribution in [0.1, 0.15) is 86.7 Å². The van der Waals surface area contributed by atoms with Crippen molar-refractivity contribution in [1.29, 1.82) is 0 Å². The molecular weight excluding hydrogens is 803 g/mol. The summed E-state index contributed by atoms with van der Waals surface area (Å²) < 4.78 is 30.3. The summed E-state index contributed by atoms with van der Waals surface area (Å²) >= 11 is 0. The zero-order valence-corrected chi connectivity index (χ0v) is 35.2. The van der Waals surface area contributed by atoms with E-state index in [2.05, 4.69) is 5.32 Å². The molecule has 4 aliphatic rings. The molecule has 0 spiro atoms. The molecule has 0 unspecified atom stereocenters. The normalized spacial score (nSPS) is 31.9. The number of aliphatic hydroxyl groups is 3. The van der Waals surface area contributed by atoms with Gasteiger partial charge in [0.25, 0.3) is 5.91 Å². The second kappa shape index (κ2) is 16.5. The third-order valence-electron chi connectivity index (χ3n) is 13.5. The van der Waals surface area contributed by atoms with Crippen molar-refractivity contribution in [3.05, 3.63) is 119 Å². The van der Waals surface area contributed by atoms with Crippen molar-refractivity contribution in [3.8, 4) is 0 Å². The van der Waals surface area contributed by atoms with Crippen molar-refractivity contribution in [3.63, 3.8) is 0 Å². The first-order valence-corrected chi connectivity index (χ1v) is 20.5. The van der Waals surface area contributed by atoms with Crippen LogP contribution < -0.4 is 5.32 Å². The van der Waals surface area contributed by atoms with E-state index in [0.29, 0.717) is 5.56 Å². The molecule has 2 saturated carbocycles. The smallest absolute Gasteiger partial charge is 0.338 e. The quantitative estimate of drug-likeness (QED) is 0.130. The SMILES string of the molecule is CC(=O)O[C@H]1C(=O)[C@@]2(C)[C@H](O)C[C@@H]3OC[C@]3(OC(C)=O)[C@@H]2[C@@H](OC(=O)c2ccccc2)[C@@]2(O)C[C@@H](OC(=O)[C@@H](O)[C@H](NC(=O)c3ccccc3)c3ccccc3)C(C)=C1C2(C)C. The van der Waals surface area contributed by atoms with Gasteiger partial charge in [0.15, 0.2) is 23.6 Å². The lowest BCUT2D eigenvalue weighted by Crippen LogP contribution is -2.82. The van der Waals surface area contributed by atoms with Gasteiger partial charge in [0.2, 0.25) is 0 Å². The Balaban J connectivity index is 1.39. The zero-order valence-electron chi connectivity index (χ0n) is 35.2. The van der Waals surface area contributed by atoms with Crippen molar-refractivity contribution < 1.29 is 67.8 Å². The average molecular weight is 854 g/mol. The van der Waals surface area contributed by atoms with E-state index >= 15 is 4.79 Å². The van der Waals surface area contributed by atoms with E-state index in [9.17, 15) is 39.3 Å². The van der Waals surface area contributed by atoms with Crippen molar-refractivity contribution in [2.75, 3.05) is 6.61 Å². The number of benzene rings is 3. The Morgan fingerprint density at radius 3 is 1.95 bits per heavy atom. The molecule has 62 heavy (non-hydrogen) atoms. The fraction of sp³-hybridized carbons (Fsp3) is 0.447. The molecule has 1 aliphatic heterocycles. The summed E-state index contributed by atoms with van der Waals surface area (Å²) in [6.07, 6.45) is -10.5. The van der Waals surface area contributed by atoms with Gasteiger partial charge in [0.05, 0.1) is 35.6 Å². The van der Waals surface area contributed by atoms with Gasteiger partial charge in [-0.3, -0.25) is 19.2 Å². The lowest BCUT2D eigenvalue weighted by atomic mass is 9.44. The van der Waals surface area contributed by atoms with Crippen LogP contribution in [0.25, 0.3) is 0 Å². The van der Waals surface area contributed by atoms with Crippen LogP contribution in [0.15, 0.2) is 102 Å². The highest BCUT2D eigenvalue weighted by Crippen LogP contribution is 2.64. The molecule has 1 saturated heterocycles. The van der Waals surface area contributed by atoms with Crippen LogP contribution in [-0.4, -0.2) is 105 Å². The van der Waals surface area contributed by atoms with Crippen LogP contribution in [0, 0.1) is 16.7 Å². The van der Waals surface area contributed by atoms with Crippen molar-refractivity contribution in [2.24, 2.45) is 16.7 Å². The van der Waals surface area contributed by atoms with Crippen LogP contribution in [0.4, 0.5) is 0 Å². The minimum Gasteiger partial charge on any atom is -0.456 e. The predicted molar refractivity (Wildman–Crippen MR) is 218 cm³/mol. The first-order chi connectivity index (χ1) is 29.3. The Bertz CT molecular complexity index is 2280. The van der Waals surface area contributed by atoms with Crippen molar-refractivity contribution in [2.45, 2.75) is 108 Å². The van der Waals surface area contributed by atoms with E-state index in [1.807, 2.05) is 0 Å². The van der Waals surface area contributed by atoms with Crippen LogP contribution in [-0.2, 0) is 42.9 Å². The van der Waals surface area contributed by atoms with E-state index in [0.717, 1.165) is 13.8 Å². The maximum Gasteiger partial charge on any atom is 0.338 e. The van der Waals surface area contributed by atoms with Crippen LogP contribution >= 0.6 is 0 Å². The molecule has 15 nitrogen and oxygen atoms in total. The number of fused-ring (bicyclic) bond motifs is 5.